The first-order valence-corrected chi connectivity index (χ1v) is 12.4. The van der Waals surface area contributed by atoms with Gasteiger partial charge in [-0.3, -0.25) is 10.1 Å². The molecule has 0 amide bonds. The number of hydrogen-bond acceptors (Lipinski definition) is 6. The molecule has 1 aliphatic heterocycles. The number of non-ortho nitro benzene ring substituents is 1. The van der Waals surface area contributed by atoms with Crippen LogP contribution in [0, 0.1) is 24.2 Å². The standard InChI is InChI=1S/C24H15ClI2N2O5/c1-13-3-2-4-14(7-13)12-33-22-19(26)8-15(9-20(22)27)10-21-24(30)34-23(28-21)17-11-16(29(31)32)5-6-18(17)25/h2-11H,12H2,1H3/b21-10-. The van der Waals surface area contributed by atoms with Crippen molar-refractivity contribution in [3.05, 3.63) is 105 Å². The highest BCUT2D eigenvalue weighted by Crippen LogP contribution is 2.32. The minimum absolute atomic E-state index is 0.0672. The van der Waals surface area contributed by atoms with Crippen molar-refractivity contribution in [3.63, 3.8) is 0 Å². The minimum atomic E-state index is -0.664. The average Bonchev–Trinajstić information content (AvgIpc) is 3.13. The Bertz CT molecular complexity index is 1360. The SMILES string of the molecule is Cc1cccc(COc2c(I)cc(/C=C3\N=C(c4cc([N+](=O)[O-])ccc4Cl)OC3=O)cc2I)c1. The fraction of sp³-hybridized carbons (Fsp3) is 0.0833. The van der Waals surface area contributed by atoms with Gasteiger partial charge in [-0.05, 0) is 87.5 Å². The summed E-state index contributed by atoms with van der Waals surface area (Å²) in [6.07, 6.45) is 1.59. The molecule has 0 radical (unpaired) electrons. The van der Waals surface area contributed by atoms with E-state index in [-0.39, 0.29) is 27.9 Å². The lowest BCUT2D eigenvalue weighted by molar-refractivity contribution is -0.384. The van der Waals surface area contributed by atoms with Gasteiger partial charge in [0.25, 0.3) is 5.69 Å². The van der Waals surface area contributed by atoms with Crippen molar-refractivity contribution in [2.75, 3.05) is 0 Å². The molecule has 10 heteroatoms. The number of hydrogen-bond donors (Lipinski definition) is 0. The Morgan fingerprint density at radius 1 is 1.15 bits per heavy atom. The van der Waals surface area contributed by atoms with Gasteiger partial charge in [0, 0.05) is 12.1 Å². The lowest BCUT2D eigenvalue weighted by Gasteiger charge is -2.12. The zero-order valence-electron chi connectivity index (χ0n) is 17.6. The van der Waals surface area contributed by atoms with Crippen LogP contribution in [0.4, 0.5) is 5.69 Å². The molecule has 0 atom stereocenters. The topological polar surface area (TPSA) is 91.0 Å². The molecule has 1 heterocycles. The highest BCUT2D eigenvalue weighted by Gasteiger charge is 2.27. The molecule has 3 aromatic rings. The van der Waals surface area contributed by atoms with Crippen LogP contribution in [0.2, 0.25) is 5.02 Å². The fourth-order valence-corrected chi connectivity index (χ4v) is 5.56. The molecule has 0 spiro atoms. The minimum Gasteiger partial charge on any atom is -0.487 e. The maximum Gasteiger partial charge on any atom is 0.363 e. The third-order valence-electron chi connectivity index (χ3n) is 4.80. The maximum atomic E-state index is 12.4. The van der Waals surface area contributed by atoms with Crippen molar-refractivity contribution in [2.45, 2.75) is 13.5 Å². The lowest BCUT2D eigenvalue weighted by atomic mass is 10.1. The van der Waals surface area contributed by atoms with Crippen molar-refractivity contribution in [1.29, 1.82) is 0 Å². The van der Waals surface area contributed by atoms with Gasteiger partial charge in [-0.2, -0.15) is 0 Å². The van der Waals surface area contributed by atoms with E-state index in [2.05, 4.69) is 56.2 Å². The Balaban J connectivity index is 1.59. The van der Waals surface area contributed by atoms with E-state index in [4.69, 9.17) is 21.1 Å². The van der Waals surface area contributed by atoms with E-state index < -0.39 is 10.9 Å². The van der Waals surface area contributed by atoms with E-state index >= 15 is 0 Å². The largest absolute Gasteiger partial charge is 0.487 e. The van der Waals surface area contributed by atoms with Crippen LogP contribution < -0.4 is 4.74 Å². The lowest BCUT2D eigenvalue weighted by Crippen LogP contribution is -2.06. The van der Waals surface area contributed by atoms with Crippen molar-refractivity contribution >= 4 is 80.4 Å². The molecule has 4 rings (SSSR count). The van der Waals surface area contributed by atoms with Crippen molar-refractivity contribution in [1.82, 2.24) is 0 Å². The molecule has 0 aliphatic carbocycles. The molecule has 0 unspecified atom stereocenters. The highest BCUT2D eigenvalue weighted by molar-refractivity contribution is 14.1. The van der Waals surface area contributed by atoms with Gasteiger partial charge in [-0.25, -0.2) is 9.79 Å². The van der Waals surface area contributed by atoms with Gasteiger partial charge < -0.3 is 9.47 Å². The number of aryl methyl sites for hydroxylation is 1. The highest BCUT2D eigenvalue weighted by atomic mass is 127. The van der Waals surface area contributed by atoms with Crippen LogP contribution in [0.5, 0.6) is 5.75 Å². The molecule has 0 aromatic heterocycles. The van der Waals surface area contributed by atoms with Crippen LogP contribution in [-0.2, 0) is 16.1 Å². The van der Waals surface area contributed by atoms with Crippen molar-refractivity contribution < 1.29 is 19.2 Å². The second-order valence-corrected chi connectivity index (χ2v) is 10.1. The Morgan fingerprint density at radius 2 is 1.88 bits per heavy atom. The summed E-state index contributed by atoms with van der Waals surface area (Å²) in [5.41, 5.74) is 3.05. The zero-order chi connectivity index (χ0) is 24.4. The number of nitrogens with zero attached hydrogens (tertiary/aromatic N) is 2. The Labute approximate surface area is 227 Å². The van der Waals surface area contributed by atoms with Crippen molar-refractivity contribution in [2.24, 2.45) is 4.99 Å². The molecule has 1 aliphatic rings. The second kappa shape index (κ2) is 10.4. The monoisotopic (exact) mass is 700 g/mol. The summed E-state index contributed by atoms with van der Waals surface area (Å²) in [6, 6.07) is 15.7. The summed E-state index contributed by atoms with van der Waals surface area (Å²) < 4.78 is 13.0. The number of rotatable bonds is 6. The number of nitro benzene ring substituents is 1. The molecule has 172 valence electrons. The van der Waals surface area contributed by atoms with Crippen LogP contribution in [0.15, 0.2) is 65.3 Å². The third-order valence-corrected chi connectivity index (χ3v) is 6.73. The zero-order valence-corrected chi connectivity index (χ0v) is 22.6. The van der Waals surface area contributed by atoms with Crippen molar-refractivity contribution in [3.8, 4) is 5.75 Å². The van der Waals surface area contributed by atoms with Crippen LogP contribution in [0.1, 0.15) is 22.3 Å². The van der Waals surface area contributed by atoms with Crippen LogP contribution in [0.25, 0.3) is 6.08 Å². The molecule has 0 saturated heterocycles. The average molecular weight is 701 g/mol. The summed E-state index contributed by atoms with van der Waals surface area (Å²) in [6.45, 7) is 2.48. The number of benzene rings is 3. The first-order chi connectivity index (χ1) is 16.2. The maximum absolute atomic E-state index is 12.4. The van der Waals surface area contributed by atoms with Gasteiger partial charge in [0.15, 0.2) is 5.70 Å². The third kappa shape index (κ3) is 5.58. The predicted molar refractivity (Wildman–Crippen MR) is 146 cm³/mol. The summed E-state index contributed by atoms with van der Waals surface area (Å²) in [4.78, 5) is 27.1. The summed E-state index contributed by atoms with van der Waals surface area (Å²) in [5.74, 6) is 0.0150. The molecule has 34 heavy (non-hydrogen) atoms. The van der Waals surface area contributed by atoms with E-state index in [1.54, 1.807) is 6.08 Å². The number of esters is 1. The van der Waals surface area contributed by atoms with E-state index in [1.807, 2.05) is 37.3 Å². The number of cyclic esters (lactones) is 1. The van der Waals surface area contributed by atoms with Crippen LogP contribution in [0.3, 0.4) is 0 Å². The Morgan fingerprint density at radius 3 is 2.56 bits per heavy atom. The van der Waals surface area contributed by atoms with Gasteiger partial charge in [-0.15, -0.1) is 0 Å². The molecule has 0 saturated carbocycles. The van der Waals surface area contributed by atoms with Gasteiger partial charge in [0.1, 0.15) is 12.4 Å². The molecular formula is C24H15ClI2N2O5. The summed E-state index contributed by atoms with van der Waals surface area (Å²) in [7, 11) is 0. The second-order valence-electron chi connectivity index (χ2n) is 7.35. The first kappa shape index (κ1) is 24.6. The number of carbonyl (C=O) groups is 1. The van der Waals surface area contributed by atoms with E-state index in [9.17, 15) is 14.9 Å². The van der Waals surface area contributed by atoms with E-state index in [1.165, 1.54) is 23.8 Å². The number of carbonyl (C=O) groups excluding carboxylic acids is 1. The summed E-state index contributed by atoms with van der Waals surface area (Å²) in [5, 5.41) is 11.3. The molecule has 0 bridgehead atoms. The molecular weight excluding hydrogens is 686 g/mol. The van der Waals surface area contributed by atoms with Crippen LogP contribution in [-0.4, -0.2) is 16.8 Å². The fourth-order valence-electron chi connectivity index (χ4n) is 3.23. The van der Waals surface area contributed by atoms with E-state index in [0.717, 1.165) is 24.0 Å². The molecule has 3 aromatic carbocycles. The smallest absolute Gasteiger partial charge is 0.363 e. The first-order valence-electron chi connectivity index (χ1n) is 9.85. The number of nitro groups is 1. The van der Waals surface area contributed by atoms with Gasteiger partial charge in [0.2, 0.25) is 5.90 Å². The molecule has 7 nitrogen and oxygen atoms in total. The Kier molecular flexibility index (Phi) is 7.53. The van der Waals surface area contributed by atoms with Gasteiger partial charge in [0.05, 0.1) is 22.6 Å². The van der Waals surface area contributed by atoms with Gasteiger partial charge >= 0.3 is 5.97 Å². The number of ether oxygens (including phenoxy) is 2. The predicted octanol–water partition coefficient (Wildman–Crippen LogP) is 6.69. The molecule has 0 fully saturated rings. The molecule has 0 N–H and O–H groups in total. The van der Waals surface area contributed by atoms with Crippen LogP contribution >= 0.6 is 56.8 Å². The number of halogens is 3. The van der Waals surface area contributed by atoms with Gasteiger partial charge in [-0.1, -0.05) is 41.4 Å². The quantitative estimate of drug-likeness (QED) is 0.0941. The Hall–Kier alpha value is -2.51. The normalized spacial score (nSPS) is 14.2. The number of aliphatic imine (C=N–C) groups is 1. The summed E-state index contributed by atoms with van der Waals surface area (Å²) >= 11 is 10.5. The van der Waals surface area contributed by atoms with E-state index in [0.29, 0.717) is 6.61 Å².